The number of carbonyl (C=O) groups excluding carboxylic acids is 2. The van der Waals surface area contributed by atoms with Gasteiger partial charge in [0.25, 0.3) is 0 Å². The number of phenolic OH excluding ortho intramolecular Hbond substituents is 1. The molecule has 0 radical (unpaired) electrons. The van der Waals surface area contributed by atoms with Crippen molar-refractivity contribution in [3.05, 3.63) is 114 Å². The number of thiazole rings is 1. The number of carbonyl (C=O) groups is 2. The molecule has 2 saturated heterocycles. The first kappa shape index (κ1) is 40.6. The Morgan fingerprint density at radius 3 is 2.37 bits per heavy atom. The number of aryl methyl sites for hydroxylation is 1. The van der Waals surface area contributed by atoms with Crippen LogP contribution in [0.5, 0.6) is 5.75 Å². The first-order valence-corrected chi connectivity index (χ1v) is 21.6. The Balaban J connectivity index is 0.812. The van der Waals surface area contributed by atoms with Crippen molar-refractivity contribution in [3.8, 4) is 38.7 Å². The molecule has 3 atom stereocenters. The Labute approximate surface area is 362 Å². The third-order valence-electron chi connectivity index (χ3n) is 11.7. The van der Waals surface area contributed by atoms with Crippen LogP contribution < -0.4 is 15.1 Å². The second kappa shape index (κ2) is 17.3. The molecule has 6 heterocycles. The second-order valence-electron chi connectivity index (χ2n) is 16.1. The largest absolute Gasteiger partial charge is 0.507 e. The van der Waals surface area contributed by atoms with E-state index in [9.17, 15) is 19.8 Å². The molecule has 7 aromatic rings. The normalized spacial score (nSPS) is 17.2. The minimum Gasteiger partial charge on any atom is -0.507 e. The lowest BCUT2D eigenvalue weighted by Crippen LogP contribution is -2.48. The van der Waals surface area contributed by atoms with E-state index in [2.05, 4.69) is 51.5 Å². The van der Waals surface area contributed by atoms with E-state index in [0.29, 0.717) is 47.3 Å². The molecule has 2 aliphatic heterocycles. The molecule has 0 bridgehead atoms. The van der Waals surface area contributed by atoms with Crippen LogP contribution in [0.2, 0.25) is 0 Å². The number of nitrogens with zero attached hydrogens (tertiary/aromatic N) is 9. The molecule has 9 rings (SSSR count). The SMILES string of the molecule is Cc1ncsc1-c1ccc(CNC(=O)[C@@H]2C[C@@H](O)CN2C(=O)[C@H](c2cc(-c3cnc(N4CCN(c5ccc6cc(-c7ccccc7O)nnc6c5)CC4)nc3)no2)C(C)C)cc1. The highest BCUT2D eigenvalue weighted by atomic mass is 32.1. The maximum Gasteiger partial charge on any atom is 0.243 e. The maximum atomic E-state index is 14.2. The lowest BCUT2D eigenvalue weighted by atomic mass is 9.91. The van der Waals surface area contributed by atoms with Crippen molar-refractivity contribution >= 4 is 45.7 Å². The monoisotopic (exact) mass is 850 g/mol. The third-order valence-corrected chi connectivity index (χ3v) is 12.7. The average Bonchev–Trinajstić information content (AvgIpc) is 4.06. The number of benzene rings is 3. The van der Waals surface area contributed by atoms with Crippen LogP contribution in [-0.4, -0.2) is 102 Å². The third kappa shape index (κ3) is 8.30. The lowest BCUT2D eigenvalue weighted by molar-refractivity contribution is -0.141. The number of β-amino-alcohol motifs (C(OH)–C–C–N with tert-alkyl or cyclic N) is 1. The standard InChI is InChI=1S/C46H46N10O5S/c1-27(2)42(45(60)56-25-34(57)20-39(56)44(59)47-22-29-8-10-30(11-9-29)43-28(3)50-26-62-43)41-21-37(53-61-41)32-23-48-46(49-24-32)55-16-14-54(15-17-55)33-13-12-31-18-38(52-51-36(31)19-33)35-6-4-5-7-40(35)58/h4-13,18-19,21,23-24,26-27,34,39,42,57-58H,14-17,20,22,25H2,1-3H3,(H,47,59)/t34-,39+,42+/m1/s1. The number of anilines is 2. The summed E-state index contributed by atoms with van der Waals surface area (Å²) in [5.74, 6) is -0.396. The van der Waals surface area contributed by atoms with E-state index in [1.54, 1.807) is 41.9 Å². The summed E-state index contributed by atoms with van der Waals surface area (Å²) in [6.45, 7) is 9.11. The summed E-state index contributed by atoms with van der Waals surface area (Å²) in [5, 5.41) is 38.0. The first-order chi connectivity index (χ1) is 30.1. The second-order valence-corrected chi connectivity index (χ2v) is 17.0. The summed E-state index contributed by atoms with van der Waals surface area (Å²) in [6, 6.07) is 24.1. The van der Waals surface area contributed by atoms with E-state index in [1.807, 2.05) is 80.9 Å². The predicted molar refractivity (Wildman–Crippen MR) is 236 cm³/mol. The van der Waals surface area contributed by atoms with Crippen LogP contribution in [0.15, 0.2) is 101 Å². The van der Waals surface area contributed by atoms with Crippen molar-refractivity contribution in [2.75, 3.05) is 42.5 Å². The molecule has 15 nitrogen and oxygen atoms in total. The van der Waals surface area contributed by atoms with E-state index in [0.717, 1.165) is 51.4 Å². The topological polar surface area (TPSA) is 187 Å². The van der Waals surface area contributed by atoms with Gasteiger partial charge in [-0.3, -0.25) is 9.59 Å². The molecule has 0 saturated carbocycles. The number of fused-ring (bicyclic) bond motifs is 1. The number of phenols is 1. The maximum absolute atomic E-state index is 14.2. The van der Waals surface area contributed by atoms with Crippen LogP contribution in [0.3, 0.4) is 0 Å². The van der Waals surface area contributed by atoms with Crippen LogP contribution in [0.25, 0.3) is 43.9 Å². The van der Waals surface area contributed by atoms with E-state index in [4.69, 9.17) is 4.52 Å². The van der Waals surface area contributed by atoms with Crippen LogP contribution in [-0.2, 0) is 16.1 Å². The van der Waals surface area contributed by atoms with E-state index in [-0.39, 0.29) is 43.0 Å². The van der Waals surface area contributed by atoms with Crippen molar-refractivity contribution in [2.45, 2.75) is 51.8 Å². The van der Waals surface area contributed by atoms with E-state index in [1.165, 1.54) is 4.90 Å². The molecule has 3 N–H and O–H groups in total. The van der Waals surface area contributed by atoms with Gasteiger partial charge in [-0.15, -0.1) is 21.5 Å². The fourth-order valence-electron chi connectivity index (χ4n) is 8.28. The van der Waals surface area contributed by atoms with Gasteiger partial charge in [-0.1, -0.05) is 61.5 Å². The molecule has 2 aliphatic rings. The van der Waals surface area contributed by atoms with Gasteiger partial charge in [0.1, 0.15) is 29.2 Å². The predicted octanol–water partition coefficient (Wildman–Crippen LogP) is 6.22. The molecule has 4 aromatic heterocycles. The number of hydrogen-bond acceptors (Lipinski definition) is 14. The van der Waals surface area contributed by atoms with Crippen molar-refractivity contribution in [1.29, 1.82) is 0 Å². The summed E-state index contributed by atoms with van der Waals surface area (Å²) in [4.78, 5) is 48.4. The fraction of sp³-hybridized carbons (Fsp3) is 0.304. The zero-order chi connectivity index (χ0) is 42.9. The van der Waals surface area contributed by atoms with Crippen LogP contribution in [0.4, 0.5) is 11.6 Å². The van der Waals surface area contributed by atoms with E-state index >= 15 is 0 Å². The van der Waals surface area contributed by atoms with Gasteiger partial charge in [0, 0.05) is 86.3 Å². The van der Waals surface area contributed by atoms with Gasteiger partial charge in [-0.05, 0) is 54.3 Å². The van der Waals surface area contributed by atoms with Crippen LogP contribution >= 0.6 is 11.3 Å². The Kier molecular flexibility index (Phi) is 11.3. The Hall–Kier alpha value is -6.78. The Morgan fingerprint density at radius 2 is 1.65 bits per heavy atom. The van der Waals surface area contributed by atoms with E-state index < -0.39 is 18.1 Å². The first-order valence-electron chi connectivity index (χ1n) is 20.7. The zero-order valence-corrected chi connectivity index (χ0v) is 35.4. The number of rotatable bonds is 11. The summed E-state index contributed by atoms with van der Waals surface area (Å²) < 4.78 is 5.80. The summed E-state index contributed by atoms with van der Waals surface area (Å²) in [7, 11) is 0. The van der Waals surface area contributed by atoms with Crippen molar-refractivity contribution < 1.29 is 24.3 Å². The number of para-hydroxylation sites is 1. The quantitative estimate of drug-likeness (QED) is 0.133. The fourth-order valence-corrected chi connectivity index (χ4v) is 9.09. The minimum absolute atomic E-state index is 0.0489. The van der Waals surface area contributed by atoms with Gasteiger partial charge in [0.05, 0.1) is 33.4 Å². The highest BCUT2D eigenvalue weighted by Gasteiger charge is 2.43. The molecular weight excluding hydrogens is 805 g/mol. The number of aromatic nitrogens is 6. The summed E-state index contributed by atoms with van der Waals surface area (Å²) in [5.41, 5.74) is 9.03. The highest BCUT2D eigenvalue weighted by Crippen LogP contribution is 2.34. The molecule has 62 heavy (non-hydrogen) atoms. The number of likely N-dealkylation sites (tertiary alicyclic amines) is 1. The van der Waals surface area contributed by atoms with Gasteiger partial charge >= 0.3 is 0 Å². The number of amides is 2. The van der Waals surface area contributed by atoms with Gasteiger partial charge in [0.15, 0.2) is 0 Å². The van der Waals surface area contributed by atoms with Gasteiger partial charge in [0.2, 0.25) is 17.8 Å². The number of aliphatic hydroxyl groups excluding tert-OH is 1. The number of hydrogen-bond donors (Lipinski definition) is 3. The van der Waals surface area contributed by atoms with Gasteiger partial charge in [-0.2, -0.15) is 0 Å². The molecule has 0 aliphatic carbocycles. The Morgan fingerprint density at radius 1 is 0.887 bits per heavy atom. The summed E-state index contributed by atoms with van der Waals surface area (Å²) in [6.07, 6.45) is 2.74. The highest BCUT2D eigenvalue weighted by molar-refractivity contribution is 7.13. The molecule has 2 fully saturated rings. The smallest absolute Gasteiger partial charge is 0.243 e. The van der Waals surface area contributed by atoms with Crippen LogP contribution in [0, 0.1) is 12.8 Å². The molecule has 3 aromatic carbocycles. The van der Waals surface area contributed by atoms with Crippen molar-refractivity contribution in [1.82, 2.24) is 40.5 Å². The van der Waals surface area contributed by atoms with Gasteiger partial charge < -0.3 is 34.8 Å². The average molecular weight is 851 g/mol. The number of piperazine rings is 1. The number of aliphatic hydroxyl groups is 1. The molecule has 0 spiro atoms. The molecule has 16 heteroatoms. The zero-order valence-electron chi connectivity index (χ0n) is 34.5. The van der Waals surface area contributed by atoms with Crippen LogP contribution in [0.1, 0.15) is 43.2 Å². The molecule has 2 amide bonds. The number of nitrogens with one attached hydrogen (secondary N) is 1. The lowest BCUT2D eigenvalue weighted by Gasteiger charge is -2.36. The van der Waals surface area contributed by atoms with Crippen molar-refractivity contribution in [3.63, 3.8) is 0 Å². The van der Waals surface area contributed by atoms with Gasteiger partial charge in [-0.25, -0.2) is 15.0 Å². The minimum atomic E-state index is -0.825. The molecule has 316 valence electrons. The Bertz CT molecular complexity index is 2710. The molecule has 0 unspecified atom stereocenters. The number of aromatic hydroxyl groups is 1. The summed E-state index contributed by atoms with van der Waals surface area (Å²) >= 11 is 1.59. The molecular formula is C46H46N10O5S. The van der Waals surface area contributed by atoms with Crippen molar-refractivity contribution in [2.24, 2.45) is 5.92 Å².